The van der Waals surface area contributed by atoms with Crippen molar-refractivity contribution >= 4 is 61.8 Å². The molecular weight excluding hydrogens is 1880 g/mol. The van der Waals surface area contributed by atoms with E-state index in [1.54, 1.807) is 67.5 Å². The molecule has 7 saturated heterocycles. The lowest BCUT2D eigenvalue weighted by Gasteiger charge is -2.33. The third-order valence-corrected chi connectivity index (χ3v) is 29.4. The Bertz CT molecular complexity index is 4860. The van der Waals surface area contributed by atoms with Gasteiger partial charge in [0, 0.05) is 29.2 Å². The number of alkyl halides is 9. The Balaban J connectivity index is 0.000000217. The van der Waals surface area contributed by atoms with Gasteiger partial charge in [0.25, 0.3) is 6.10 Å². The highest BCUT2D eigenvalue weighted by Crippen LogP contribution is 2.64. The number of carbonyl (C=O) groups excluding carboxylic acids is 9. The van der Waals surface area contributed by atoms with Crippen LogP contribution in [-0.2, 0) is 138 Å². The maximum atomic E-state index is 12.8. The fourth-order valence-corrected chi connectivity index (χ4v) is 17.2. The number of phenolic OH excluding ortho intramolecular Hbond substituents is 1. The first-order valence-corrected chi connectivity index (χ1v) is 52.7. The molecule has 9 aliphatic rings. The van der Waals surface area contributed by atoms with Crippen LogP contribution in [0.4, 0.5) is 39.5 Å². The van der Waals surface area contributed by atoms with E-state index >= 15 is 0 Å². The predicted molar refractivity (Wildman–Crippen MR) is 502 cm³/mol. The normalized spacial score (nSPS) is 27.2. The Labute approximate surface area is 823 Å². The molecule has 141 heavy (non-hydrogen) atoms. The maximum Gasteiger partial charge on any atom is 0.434 e. The van der Waals surface area contributed by atoms with E-state index in [1.807, 2.05) is 77.9 Å². The Morgan fingerprint density at radius 2 is 0.922 bits per heavy atom. The van der Waals surface area contributed by atoms with Gasteiger partial charge in [0.05, 0.1) is 48.5 Å². The third kappa shape index (κ3) is 28.7. The van der Waals surface area contributed by atoms with Crippen molar-refractivity contribution in [2.24, 2.45) is 44.8 Å². The van der Waals surface area contributed by atoms with Gasteiger partial charge in [-0.3, -0.25) is 28.8 Å². The molecule has 4 aromatic carbocycles. The number of carbonyl (C=O) groups is 9. The smallest absolute Gasteiger partial charge is 0.434 e. The van der Waals surface area contributed by atoms with Crippen molar-refractivity contribution < 1.29 is 164 Å². The minimum Gasteiger partial charge on any atom is -0.508 e. The molecule has 1 N–H and O–H groups in total. The van der Waals surface area contributed by atoms with Crippen molar-refractivity contribution in [1.29, 1.82) is 0 Å². The molecule has 0 radical (unpaired) electrons. The molecule has 21 unspecified atom stereocenters. The van der Waals surface area contributed by atoms with Gasteiger partial charge >= 0.3 is 72.3 Å². The molecule has 21 atom stereocenters. The number of halogens is 9. The second-order valence-corrected chi connectivity index (χ2v) is 48.4. The molecule has 9 fully saturated rings. The highest BCUT2D eigenvalue weighted by atomic mass is 28.3. The standard InChI is InChI=1S/C25H36O8Si.C24H27F3O9.C18H20F6O6.C14H28O2.C14H22.C10H14O/c1-8-24(2,3)23(27)31-19-17-18(29-21(19)26)20-22(30-17)33-25(4,32-20)16-11-9-15(10-12-16)13-28-14-34(5,6)7;1-6-22(3,4)21(30)34-16-14-15(32-19(16)29)17-20(33-14)36-23(5,35-17)13-9-7-12(8-10-13)18(28)31-11(2)24(25,26)27;1-4-15(2,3)12(25)28-9-7-5-8-10(9)29-13(26)16(8,6-7)14(27)30-11(17(19,20)21)18(22,23)24;1-6-9-10-12(7-2)11-16-13(15)14(4,5)8-3;1-6-11(2)12-7-9-13(10-8-12)14(3,4)5;1-3-8(2)9-4-6-10(11)7-5-9/h9-12,17-20,22H,8,13-14H2,1-7H3;7-11,14-17,20H,6H2,1-5H3;7-11H,4-6H2,1-3H3;12H,6-11H2,1-5H3;7-11H,6H2,1-5H3;4-8,11H,3H2,1-2H3. The lowest BCUT2D eigenvalue weighted by atomic mass is 9.73. The summed E-state index contributed by atoms with van der Waals surface area (Å²) in [5.74, 6) is -9.19. The second kappa shape index (κ2) is 46.7. The number of esters is 9. The first-order chi connectivity index (χ1) is 65.2. The van der Waals surface area contributed by atoms with Crippen LogP contribution >= 0.6 is 0 Å². The summed E-state index contributed by atoms with van der Waals surface area (Å²) in [6.07, 6.45) is -23.8. The molecule has 7 aliphatic heterocycles. The number of hydrogen-bond acceptors (Lipinski definition) is 26. The minimum absolute atomic E-state index is 0.0510. The molecule has 0 aromatic heterocycles. The fraction of sp³-hybridized carbons (Fsp3) is 0.686. The summed E-state index contributed by atoms with van der Waals surface area (Å²) >= 11 is 0. The van der Waals surface area contributed by atoms with Gasteiger partial charge in [0.2, 0.25) is 12.2 Å². The molecule has 13 rings (SSSR count). The number of unbranched alkanes of at least 4 members (excludes halogenated alkanes) is 1. The summed E-state index contributed by atoms with van der Waals surface area (Å²) in [5.41, 5.74) is 1.78. The summed E-state index contributed by atoms with van der Waals surface area (Å²) in [6.45, 7) is 53.8. The van der Waals surface area contributed by atoms with Gasteiger partial charge in [0.15, 0.2) is 60.1 Å². The molecule has 790 valence electrons. The highest BCUT2D eigenvalue weighted by Gasteiger charge is 2.77. The minimum atomic E-state index is -5.89. The van der Waals surface area contributed by atoms with Gasteiger partial charge in [-0.15, -0.1) is 0 Å². The quantitative estimate of drug-likeness (QED) is 0.0161. The SMILES string of the molecule is CCC(C)(C)C(=O)OC1C(=O)OC2C3OC(C)(c4ccc(C(=O)OC(C)C(F)(F)F)cc4)OC3OC12.CCC(C)(C)C(=O)OC1C(=O)OC2C3OC(C)(c4ccc(COC[Si](C)(C)C)cc4)OC3OC12.CCC(C)(C)C(=O)OC1C2CC3C1OC(=O)C3(C(=O)OC(C(F)(F)F)C(F)(F)F)C2.CCC(C)c1ccc(C(C)(C)C)cc1.CCC(C)c1ccc(O)cc1.CCCCC(CC)COC(=O)C(C)(C)CC. The summed E-state index contributed by atoms with van der Waals surface area (Å²) in [6, 6.07) is 29.9. The van der Waals surface area contributed by atoms with Crippen LogP contribution in [0.25, 0.3) is 0 Å². The van der Waals surface area contributed by atoms with Crippen LogP contribution < -0.4 is 0 Å². The van der Waals surface area contributed by atoms with E-state index in [0.29, 0.717) is 61.5 Å². The molecule has 0 spiro atoms. The first-order valence-electron chi connectivity index (χ1n) is 48.9. The zero-order chi connectivity index (χ0) is 106. The van der Waals surface area contributed by atoms with Gasteiger partial charge in [-0.05, 0) is 204 Å². The van der Waals surface area contributed by atoms with Gasteiger partial charge < -0.3 is 80.9 Å². The molecular formula is C105H147F9O26Si. The average molecular weight is 2020 g/mol. The van der Waals surface area contributed by atoms with Crippen LogP contribution in [0, 0.1) is 44.8 Å². The van der Waals surface area contributed by atoms with Crippen molar-refractivity contribution in [3.05, 3.63) is 136 Å². The largest absolute Gasteiger partial charge is 0.508 e. The lowest BCUT2D eigenvalue weighted by molar-refractivity contribution is -0.315. The number of fused-ring (bicyclic) bond motifs is 7. The molecule has 4 aromatic rings. The zero-order valence-corrected chi connectivity index (χ0v) is 87.4. The Morgan fingerprint density at radius 3 is 1.32 bits per heavy atom. The molecule has 7 heterocycles. The van der Waals surface area contributed by atoms with Crippen LogP contribution in [0.3, 0.4) is 0 Å². The molecule has 0 amide bonds. The van der Waals surface area contributed by atoms with Gasteiger partial charge in [-0.2, -0.15) is 39.5 Å². The number of aromatic hydroxyl groups is 1. The van der Waals surface area contributed by atoms with Gasteiger partial charge in [-0.1, -0.05) is 202 Å². The topological polar surface area (TPSA) is 322 Å². The average Bonchev–Trinajstić information content (AvgIpc) is 1.52. The maximum absolute atomic E-state index is 12.8. The van der Waals surface area contributed by atoms with Crippen molar-refractivity contribution in [2.45, 2.75) is 403 Å². The summed E-state index contributed by atoms with van der Waals surface area (Å²) in [7, 11) is -1.25. The van der Waals surface area contributed by atoms with Crippen molar-refractivity contribution in [1.82, 2.24) is 0 Å². The van der Waals surface area contributed by atoms with E-state index in [2.05, 4.69) is 116 Å². The van der Waals surface area contributed by atoms with E-state index in [4.69, 9.17) is 71.4 Å². The van der Waals surface area contributed by atoms with Gasteiger partial charge in [-0.25, -0.2) is 14.4 Å². The van der Waals surface area contributed by atoms with Crippen molar-refractivity contribution in [2.75, 3.05) is 12.8 Å². The van der Waals surface area contributed by atoms with E-state index in [1.165, 1.54) is 66.6 Å². The van der Waals surface area contributed by atoms with E-state index in [0.717, 1.165) is 43.5 Å². The highest BCUT2D eigenvalue weighted by molar-refractivity contribution is 6.76. The number of rotatable bonds is 31. The molecule has 36 heteroatoms. The molecule has 26 nitrogen and oxygen atoms in total. The van der Waals surface area contributed by atoms with Crippen molar-refractivity contribution in [3.63, 3.8) is 0 Å². The number of phenols is 1. The Hall–Kier alpha value is -8.78. The second-order valence-electron chi connectivity index (χ2n) is 43.0. The monoisotopic (exact) mass is 2020 g/mol. The van der Waals surface area contributed by atoms with E-state index in [-0.39, 0.29) is 28.8 Å². The van der Waals surface area contributed by atoms with Crippen LogP contribution in [0.5, 0.6) is 5.75 Å². The predicted octanol–water partition coefficient (Wildman–Crippen LogP) is 22.0. The van der Waals surface area contributed by atoms with Crippen LogP contribution in [0.2, 0.25) is 19.6 Å². The van der Waals surface area contributed by atoms with Gasteiger partial charge in [0.1, 0.15) is 30.2 Å². The summed E-state index contributed by atoms with van der Waals surface area (Å²) in [5, 5.41) is 9.01. The third-order valence-electron chi connectivity index (χ3n) is 28.3. The first kappa shape index (κ1) is 117. The Kier molecular flexibility index (Phi) is 38.9. The van der Waals surface area contributed by atoms with Crippen molar-refractivity contribution in [3.8, 4) is 5.75 Å². The molecule has 2 aliphatic carbocycles. The summed E-state index contributed by atoms with van der Waals surface area (Å²) < 4.78 is 203. The summed E-state index contributed by atoms with van der Waals surface area (Å²) in [4.78, 5) is 111. The van der Waals surface area contributed by atoms with E-state index < -0.39 is 212 Å². The molecule has 2 saturated carbocycles. The van der Waals surface area contributed by atoms with Crippen LogP contribution in [-0.4, -0.2) is 184 Å². The number of ether oxygens (including phenoxy) is 16. The molecule has 2 bridgehead atoms. The van der Waals surface area contributed by atoms with Crippen LogP contribution in [0.1, 0.15) is 299 Å². The zero-order valence-electron chi connectivity index (χ0n) is 86.4. The number of benzene rings is 4. The lowest BCUT2D eigenvalue weighted by Crippen LogP contribution is -2.51. The van der Waals surface area contributed by atoms with Crippen LogP contribution in [0.15, 0.2) is 97.1 Å². The number of hydrogen-bond donors (Lipinski definition) is 1. The van der Waals surface area contributed by atoms with E-state index in [9.17, 15) is 82.7 Å². The Morgan fingerprint density at radius 1 is 0.496 bits per heavy atom. The fourth-order valence-electron chi connectivity index (χ4n) is 16.5.